The van der Waals surface area contributed by atoms with Gasteiger partial charge in [0.1, 0.15) is 0 Å². The van der Waals surface area contributed by atoms with Crippen LogP contribution in [-0.4, -0.2) is 36.8 Å². The van der Waals surface area contributed by atoms with Gasteiger partial charge >= 0.3 is 0 Å². The predicted molar refractivity (Wildman–Crippen MR) is 73.2 cm³/mol. The standard InChI is InChI=1S/C13H27NOS/c1-4-7-14-12-5-8-15-10-13(12)16-9-6-11(2)3/h11-14H,4-10H2,1-3H3. The molecule has 1 aliphatic rings. The lowest BCUT2D eigenvalue weighted by molar-refractivity contribution is 0.0833. The summed E-state index contributed by atoms with van der Waals surface area (Å²) in [7, 11) is 0. The number of ether oxygens (including phenoxy) is 1. The van der Waals surface area contributed by atoms with Crippen LogP contribution in [0.2, 0.25) is 0 Å². The van der Waals surface area contributed by atoms with Gasteiger partial charge in [0, 0.05) is 17.9 Å². The Morgan fingerprint density at radius 2 is 2.25 bits per heavy atom. The SMILES string of the molecule is CCCNC1CCOCC1SCCC(C)C. The first-order valence-electron chi connectivity index (χ1n) is 6.66. The molecule has 0 aliphatic carbocycles. The molecule has 1 heterocycles. The van der Waals surface area contributed by atoms with Crippen molar-refractivity contribution < 1.29 is 4.74 Å². The molecule has 0 aromatic heterocycles. The third-order valence-corrected chi connectivity index (χ3v) is 4.35. The summed E-state index contributed by atoms with van der Waals surface area (Å²) in [5, 5.41) is 4.32. The molecule has 1 rings (SSSR count). The molecule has 0 aromatic carbocycles. The molecule has 0 saturated carbocycles. The summed E-state index contributed by atoms with van der Waals surface area (Å²) in [5.41, 5.74) is 0. The van der Waals surface area contributed by atoms with Crippen molar-refractivity contribution in [3.63, 3.8) is 0 Å². The van der Waals surface area contributed by atoms with Crippen molar-refractivity contribution in [2.24, 2.45) is 5.92 Å². The highest BCUT2D eigenvalue weighted by atomic mass is 32.2. The van der Waals surface area contributed by atoms with Crippen LogP contribution in [-0.2, 0) is 4.74 Å². The lowest BCUT2D eigenvalue weighted by atomic mass is 10.1. The third kappa shape index (κ3) is 5.55. The van der Waals surface area contributed by atoms with Gasteiger partial charge in [0.25, 0.3) is 0 Å². The predicted octanol–water partition coefficient (Wildman–Crippen LogP) is 2.92. The molecule has 2 unspecified atom stereocenters. The van der Waals surface area contributed by atoms with Crippen molar-refractivity contribution in [3.8, 4) is 0 Å². The van der Waals surface area contributed by atoms with Gasteiger partial charge in [0.05, 0.1) is 6.61 Å². The second-order valence-electron chi connectivity index (χ2n) is 5.02. The maximum absolute atomic E-state index is 5.59. The summed E-state index contributed by atoms with van der Waals surface area (Å²) in [6.45, 7) is 9.83. The molecule has 1 fully saturated rings. The molecule has 1 aliphatic heterocycles. The van der Waals surface area contributed by atoms with Crippen molar-refractivity contribution in [2.75, 3.05) is 25.5 Å². The van der Waals surface area contributed by atoms with E-state index in [1.807, 2.05) is 0 Å². The molecular formula is C13H27NOS. The van der Waals surface area contributed by atoms with E-state index in [0.29, 0.717) is 11.3 Å². The van der Waals surface area contributed by atoms with Gasteiger partial charge in [-0.2, -0.15) is 11.8 Å². The topological polar surface area (TPSA) is 21.3 Å². The fourth-order valence-electron chi connectivity index (χ4n) is 1.89. The first-order chi connectivity index (χ1) is 7.74. The zero-order chi connectivity index (χ0) is 11.8. The van der Waals surface area contributed by atoms with E-state index >= 15 is 0 Å². The fraction of sp³-hybridized carbons (Fsp3) is 1.00. The van der Waals surface area contributed by atoms with Crippen molar-refractivity contribution in [3.05, 3.63) is 0 Å². The quantitative estimate of drug-likeness (QED) is 0.745. The minimum atomic E-state index is 0.666. The lowest BCUT2D eigenvalue weighted by Crippen LogP contribution is -2.45. The van der Waals surface area contributed by atoms with Crippen LogP contribution in [0.4, 0.5) is 0 Å². The molecule has 0 aromatic rings. The second-order valence-corrected chi connectivity index (χ2v) is 6.36. The average Bonchev–Trinajstić information content (AvgIpc) is 2.27. The molecule has 3 heteroatoms. The Morgan fingerprint density at radius 1 is 1.44 bits per heavy atom. The van der Waals surface area contributed by atoms with E-state index in [0.717, 1.165) is 25.7 Å². The van der Waals surface area contributed by atoms with Gasteiger partial charge in [0.15, 0.2) is 0 Å². The zero-order valence-electron chi connectivity index (χ0n) is 11.0. The van der Waals surface area contributed by atoms with Gasteiger partial charge in [-0.1, -0.05) is 20.8 Å². The van der Waals surface area contributed by atoms with Gasteiger partial charge in [0.2, 0.25) is 0 Å². The molecule has 0 radical (unpaired) electrons. The van der Waals surface area contributed by atoms with Crippen LogP contribution in [0, 0.1) is 5.92 Å². The van der Waals surface area contributed by atoms with Crippen LogP contribution in [0.25, 0.3) is 0 Å². The normalized spacial score (nSPS) is 26.2. The minimum absolute atomic E-state index is 0.666. The van der Waals surface area contributed by atoms with Crippen LogP contribution in [0.15, 0.2) is 0 Å². The molecule has 0 spiro atoms. The Kier molecular flexibility index (Phi) is 7.50. The van der Waals surface area contributed by atoms with Crippen LogP contribution in [0.5, 0.6) is 0 Å². The largest absolute Gasteiger partial charge is 0.380 e. The number of rotatable bonds is 7. The van der Waals surface area contributed by atoms with E-state index in [4.69, 9.17) is 4.74 Å². The Balaban J connectivity index is 2.23. The Labute approximate surface area is 105 Å². The summed E-state index contributed by atoms with van der Waals surface area (Å²) >= 11 is 2.10. The molecule has 2 nitrogen and oxygen atoms in total. The van der Waals surface area contributed by atoms with Crippen LogP contribution < -0.4 is 5.32 Å². The van der Waals surface area contributed by atoms with Crippen molar-refractivity contribution in [1.82, 2.24) is 5.32 Å². The second kappa shape index (κ2) is 8.37. The van der Waals surface area contributed by atoms with Crippen LogP contribution in [0.3, 0.4) is 0 Å². The molecule has 1 saturated heterocycles. The number of nitrogens with one attached hydrogen (secondary N) is 1. The maximum Gasteiger partial charge on any atom is 0.0600 e. The van der Waals surface area contributed by atoms with E-state index in [-0.39, 0.29) is 0 Å². The highest BCUT2D eigenvalue weighted by molar-refractivity contribution is 8.00. The summed E-state index contributed by atoms with van der Waals surface area (Å²) in [6, 6.07) is 0.672. The van der Waals surface area contributed by atoms with Gasteiger partial charge in [-0.05, 0) is 37.5 Å². The third-order valence-electron chi connectivity index (χ3n) is 2.99. The summed E-state index contributed by atoms with van der Waals surface area (Å²) < 4.78 is 5.59. The number of thioether (sulfide) groups is 1. The van der Waals surface area contributed by atoms with Crippen molar-refractivity contribution in [1.29, 1.82) is 0 Å². The van der Waals surface area contributed by atoms with E-state index < -0.39 is 0 Å². The van der Waals surface area contributed by atoms with Gasteiger partial charge in [-0.15, -0.1) is 0 Å². The van der Waals surface area contributed by atoms with Gasteiger partial charge < -0.3 is 10.1 Å². The van der Waals surface area contributed by atoms with Crippen molar-refractivity contribution >= 4 is 11.8 Å². The Bertz CT molecular complexity index is 175. The van der Waals surface area contributed by atoms with E-state index in [1.165, 1.54) is 25.0 Å². The van der Waals surface area contributed by atoms with Crippen LogP contribution in [0.1, 0.15) is 40.0 Å². The molecule has 16 heavy (non-hydrogen) atoms. The zero-order valence-corrected chi connectivity index (χ0v) is 11.8. The smallest absolute Gasteiger partial charge is 0.0600 e. The van der Waals surface area contributed by atoms with Crippen LogP contribution >= 0.6 is 11.8 Å². The molecule has 1 N–H and O–H groups in total. The summed E-state index contributed by atoms with van der Waals surface area (Å²) in [5.74, 6) is 2.09. The number of hydrogen-bond donors (Lipinski definition) is 1. The van der Waals surface area contributed by atoms with E-state index in [9.17, 15) is 0 Å². The molecule has 96 valence electrons. The molecule has 2 atom stereocenters. The maximum atomic E-state index is 5.59. The molecule has 0 bridgehead atoms. The first-order valence-corrected chi connectivity index (χ1v) is 7.71. The van der Waals surface area contributed by atoms with E-state index in [1.54, 1.807) is 0 Å². The summed E-state index contributed by atoms with van der Waals surface area (Å²) in [6.07, 6.45) is 3.72. The number of hydrogen-bond acceptors (Lipinski definition) is 3. The Hall–Kier alpha value is 0.270. The van der Waals surface area contributed by atoms with Crippen molar-refractivity contribution in [2.45, 2.75) is 51.3 Å². The van der Waals surface area contributed by atoms with Gasteiger partial charge in [-0.25, -0.2) is 0 Å². The van der Waals surface area contributed by atoms with E-state index in [2.05, 4.69) is 37.8 Å². The highest BCUT2D eigenvalue weighted by Crippen LogP contribution is 2.23. The summed E-state index contributed by atoms with van der Waals surface area (Å²) in [4.78, 5) is 0. The molecular weight excluding hydrogens is 218 g/mol. The fourth-order valence-corrected chi connectivity index (χ4v) is 3.46. The first kappa shape index (κ1) is 14.3. The molecule has 0 amide bonds. The monoisotopic (exact) mass is 245 g/mol. The minimum Gasteiger partial charge on any atom is -0.380 e. The van der Waals surface area contributed by atoms with Gasteiger partial charge in [-0.3, -0.25) is 0 Å². The highest BCUT2D eigenvalue weighted by Gasteiger charge is 2.25. The average molecular weight is 245 g/mol. The lowest BCUT2D eigenvalue weighted by Gasteiger charge is -2.32. The Morgan fingerprint density at radius 3 is 2.94 bits per heavy atom.